The lowest BCUT2D eigenvalue weighted by atomic mass is 10.1. The highest BCUT2D eigenvalue weighted by atomic mass is 32.2. The summed E-state index contributed by atoms with van der Waals surface area (Å²) in [5, 5.41) is 19.5. The van der Waals surface area contributed by atoms with Crippen molar-refractivity contribution in [3.8, 4) is 17.6 Å². The summed E-state index contributed by atoms with van der Waals surface area (Å²) in [6.07, 6.45) is 1.21. The lowest BCUT2D eigenvalue weighted by Crippen LogP contribution is -2.12. The Morgan fingerprint density at radius 3 is 2.36 bits per heavy atom. The van der Waals surface area contributed by atoms with E-state index in [4.69, 9.17) is 19.9 Å². The Hall–Kier alpha value is -3.91. The second-order valence-electron chi connectivity index (χ2n) is 5.23. The van der Waals surface area contributed by atoms with E-state index in [-0.39, 0.29) is 27.7 Å². The molecule has 1 amide bonds. The molecule has 0 heterocycles. The van der Waals surface area contributed by atoms with E-state index in [1.807, 2.05) is 0 Å². The number of nitrogens with two attached hydrogens (primary N) is 1. The van der Waals surface area contributed by atoms with Gasteiger partial charge in [-0.3, -0.25) is 14.9 Å². The van der Waals surface area contributed by atoms with Crippen molar-refractivity contribution in [2.45, 2.75) is 4.90 Å². The number of nitriles is 1. The van der Waals surface area contributed by atoms with Gasteiger partial charge in [0, 0.05) is 12.1 Å². The van der Waals surface area contributed by atoms with Crippen LogP contribution in [0.4, 0.5) is 5.69 Å². The minimum absolute atomic E-state index is 0.0148. The maximum Gasteiger partial charge on any atom is 0.339 e. The number of carbonyl (C=O) groups excluding carboxylic acids is 1. The van der Waals surface area contributed by atoms with Crippen molar-refractivity contribution in [2.24, 2.45) is 5.73 Å². The van der Waals surface area contributed by atoms with Gasteiger partial charge in [0.05, 0.1) is 12.0 Å². The lowest BCUT2D eigenvalue weighted by molar-refractivity contribution is -0.384. The number of hydrogen-bond donors (Lipinski definition) is 1. The van der Waals surface area contributed by atoms with Crippen molar-refractivity contribution in [2.75, 3.05) is 7.11 Å². The molecule has 0 aliphatic rings. The summed E-state index contributed by atoms with van der Waals surface area (Å²) < 4.78 is 34.9. The molecule has 2 aromatic carbocycles. The fourth-order valence-corrected chi connectivity index (χ4v) is 3.01. The fraction of sp³-hybridized carbons (Fsp3) is 0.0588. The van der Waals surface area contributed by atoms with Gasteiger partial charge in [0.15, 0.2) is 11.5 Å². The average molecular weight is 403 g/mol. The number of nitrogens with zero attached hydrogens (tertiary/aromatic N) is 2. The molecule has 2 aromatic rings. The molecule has 2 rings (SSSR count). The molecule has 2 N–H and O–H groups in total. The van der Waals surface area contributed by atoms with Crippen molar-refractivity contribution in [3.05, 3.63) is 63.7 Å². The molecule has 0 saturated heterocycles. The Morgan fingerprint density at radius 1 is 1.21 bits per heavy atom. The number of carbonyl (C=O) groups is 1. The van der Waals surface area contributed by atoms with Crippen LogP contribution >= 0.6 is 0 Å². The third-order valence-corrected chi connectivity index (χ3v) is 4.67. The number of rotatable bonds is 7. The highest BCUT2D eigenvalue weighted by molar-refractivity contribution is 7.87. The van der Waals surface area contributed by atoms with Crippen LogP contribution < -0.4 is 14.7 Å². The normalized spacial score (nSPS) is 11.4. The third kappa shape index (κ3) is 4.63. The Kier molecular flexibility index (Phi) is 5.97. The second-order valence-corrected chi connectivity index (χ2v) is 6.78. The van der Waals surface area contributed by atoms with Crippen LogP contribution in [0.25, 0.3) is 6.08 Å². The largest absolute Gasteiger partial charge is 0.493 e. The second kappa shape index (κ2) is 8.19. The van der Waals surface area contributed by atoms with Gasteiger partial charge in [-0.15, -0.1) is 0 Å². The predicted molar refractivity (Wildman–Crippen MR) is 96.7 cm³/mol. The van der Waals surface area contributed by atoms with E-state index in [1.165, 1.54) is 31.4 Å². The lowest BCUT2D eigenvalue weighted by Gasteiger charge is -2.11. The fourth-order valence-electron chi connectivity index (χ4n) is 2.07. The van der Waals surface area contributed by atoms with Gasteiger partial charge in [0.1, 0.15) is 16.5 Å². The van der Waals surface area contributed by atoms with Gasteiger partial charge in [0.2, 0.25) is 0 Å². The first-order chi connectivity index (χ1) is 13.2. The number of benzene rings is 2. The minimum atomic E-state index is -4.29. The molecule has 144 valence electrons. The number of amides is 1. The van der Waals surface area contributed by atoms with Crippen LogP contribution in [0.2, 0.25) is 0 Å². The van der Waals surface area contributed by atoms with Crippen LogP contribution in [0.3, 0.4) is 0 Å². The molecule has 0 fully saturated rings. The quantitative estimate of drug-likeness (QED) is 0.240. The Labute approximate surface area is 159 Å². The zero-order valence-electron chi connectivity index (χ0n) is 14.4. The molecule has 0 aliphatic heterocycles. The summed E-state index contributed by atoms with van der Waals surface area (Å²) in [4.78, 5) is 20.8. The van der Waals surface area contributed by atoms with Crippen LogP contribution in [0, 0.1) is 21.4 Å². The molecule has 0 unspecified atom stereocenters. The number of hydrogen-bond acceptors (Lipinski definition) is 8. The van der Waals surface area contributed by atoms with E-state index in [0.717, 1.165) is 24.3 Å². The van der Waals surface area contributed by atoms with Crippen LogP contribution in [-0.4, -0.2) is 26.4 Å². The van der Waals surface area contributed by atoms with E-state index in [2.05, 4.69) is 0 Å². The van der Waals surface area contributed by atoms with Gasteiger partial charge in [-0.1, -0.05) is 6.07 Å². The number of nitro groups is 1. The van der Waals surface area contributed by atoms with E-state index >= 15 is 0 Å². The number of nitro benzene ring substituents is 1. The Balaban J connectivity index is 2.36. The Morgan fingerprint density at radius 2 is 1.86 bits per heavy atom. The maximum atomic E-state index is 12.4. The number of methoxy groups -OCH3 is 1. The summed E-state index contributed by atoms with van der Waals surface area (Å²) in [6.45, 7) is 0. The molecular formula is C17H13N3O7S. The van der Waals surface area contributed by atoms with E-state index in [0.29, 0.717) is 5.56 Å². The Bertz CT molecular complexity index is 1100. The molecule has 28 heavy (non-hydrogen) atoms. The molecule has 10 nitrogen and oxygen atoms in total. The van der Waals surface area contributed by atoms with Crippen LogP contribution in [0.15, 0.2) is 52.9 Å². The van der Waals surface area contributed by atoms with Gasteiger partial charge in [-0.25, -0.2) is 0 Å². The summed E-state index contributed by atoms with van der Waals surface area (Å²) in [5.41, 5.74) is 4.85. The molecule has 0 radical (unpaired) electrons. The topological polar surface area (TPSA) is 163 Å². The first-order valence-electron chi connectivity index (χ1n) is 7.46. The average Bonchev–Trinajstić information content (AvgIpc) is 2.66. The van der Waals surface area contributed by atoms with Crippen LogP contribution in [-0.2, 0) is 14.9 Å². The van der Waals surface area contributed by atoms with Crippen LogP contribution in [0.5, 0.6) is 11.5 Å². The third-order valence-electron chi connectivity index (χ3n) is 3.42. The van der Waals surface area contributed by atoms with Gasteiger partial charge < -0.3 is 14.7 Å². The van der Waals surface area contributed by atoms with Gasteiger partial charge in [-0.05, 0) is 35.9 Å². The molecule has 0 aliphatic carbocycles. The molecular weight excluding hydrogens is 390 g/mol. The minimum Gasteiger partial charge on any atom is -0.493 e. The number of primary amides is 1. The standard InChI is InChI=1S/C17H13N3O7S/c1-26-16-9-11(8-12(10-18)17(19)21)2-7-15(16)27-28(24,25)14-5-3-13(4-6-14)20(22)23/h2-9H,1H3,(H2,19,21). The van der Waals surface area contributed by atoms with Crippen molar-refractivity contribution in [3.63, 3.8) is 0 Å². The summed E-state index contributed by atoms with van der Waals surface area (Å²) in [6, 6.07) is 9.82. The SMILES string of the molecule is COc1cc(C=C(C#N)C(N)=O)ccc1OS(=O)(=O)c1ccc([N+](=O)[O-])cc1. The number of ether oxygens (including phenoxy) is 1. The maximum absolute atomic E-state index is 12.4. The zero-order valence-corrected chi connectivity index (χ0v) is 15.2. The zero-order chi connectivity index (χ0) is 20.9. The molecule has 0 aromatic heterocycles. The highest BCUT2D eigenvalue weighted by Crippen LogP contribution is 2.31. The molecule has 0 saturated carbocycles. The molecule has 11 heteroatoms. The smallest absolute Gasteiger partial charge is 0.339 e. The number of non-ortho nitro benzene ring substituents is 1. The van der Waals surface area contributed by atoms with Crippen molar-refractivity contribution < 1.29 is 27.1 Å². The van der Waals surface area contributed by atoms with E-state index in [1.54, 1.807) is 6.07 Å². The highest BCUT2D eigenvalue weighted by Gasteiger charge is 2.20. The monoisotopic (exact) mass is 403 g/mol. The van der Waals surface area contributed by atoms with Gasteiger partial charge >= 0.3 is 10.1 Å². The van der Waals surface area contributed by atoms with E-state index in [9.17, 15) is 23.3 Å². The van der Waals surface area contributed by atoms with Gasteiger partial charge in [0.25, 0.3) is 11.6 Å². The van der Waals surface area contributed by atoms with Crippen molar-refractivity contribution in [1.29, 1.82) is 5.26 Å². The summed E-state index contributed by atoms with van der Waals surface area (Å²) in [7, 11) is -3.02. The molecule has 0 spiro atoms. The first kappa shape index (κ1) is 20.4. The van der Waals surface area contributed by atoms with Crippen molar-refractivity contribution >= 4 is 27.8 Å². The predicted octanol–water partition coefficient (Wildman–Crippen LogP) is 1.76. The molecule has 0 bridgehead atoms. The molecule has 0 atom stereocenters. The van der Waals surface area contributed by atoms with Crippen molar-refractivity contribution in [1.82, 2.24) is 0 Å². The summed E-state index contributed by atoms with van der Waals surface area (Å²) >= 11 is 0. The summed E-state index contributed by atoms with van der Waals surface area (Å²) in [5.74, 6) is -1.06. The van der Waals surface area contributed by atoms with Crippen LogP contribution in [0.1, 0.15) is 5.56 Å². The first-order valence-corrected chi connectivity index (χ1v) is 8.87. The van der Waals surface area contributed by atoms with Gasteiger partial charge in [-0.2, -0.15) is 13.7 Å². The van der Waals surface area contributed by atoms with E-state index < -0.39 is 20.9 Å².